The summed E-state index contributed by atoms with van der Waals surface area (Å²) in [6.07, 6.45) is 3.65. The first-order chi connectivity index (χ1) is 13.5. The summed E-state index contributed by atoms with van der Waals surface area (Å²) >= 11 is 0. The Bertz CT molecular complexity index is 1110. The third-order valence-electron chi connectivity index (χ3n) is 4.47. The number of halogens is 4. The highest BCUT2D eigenvalue weighted by Crippen LogP contribution is 2.42. The fourth-order valence-electron chi connectivity index (χ4n) is 3.15. The first-order valence-electron chi connectivity index (χ1n) is 8.73. The summed E-state index contributed by atoms with van der Waals surface area (Å²) in [5, 5.41) is 4.17. The molecule has 29 heavy (non-hydrogen) atoms. The molecule has 0 radical (unpaired) electrons. The third kappa shape index (κ3) is 4.34. The fourth-order valence-corrected chi connectivity index (χ4v) is 3.80. The van der Waals surface area contributed by atoms with Crippen LogP contribution in [-0.2, 0) is 22.6 Å². The monoisotopic (exact) mass is 426 g/mol. The Labute approximate surface area is 165 Å². The zero-order valence-electron chi connectivity index (χ0n) is 15.6. The average molecular weight is 426 g/mol. The molecule has 1 aromatic heterocycles. The first kappa shape index (κ1) is 21.0. The highest BCUT2D eigenvalue weighted by Gasteiger charge is 2.40. The number of hydrogen-bond donors (Lipinski definition) is 0. The van der Waals surface area contributed by atoms with Gasteiger partial charge in [-0.05, 0) is 36.8 Å². The van der Waals surface area contributed by atoms with Crippen molar-refractivity contribution in [1.29, 1.82) is 0 Å². The van der Waals surface area contributed by atoms with E-state index in [4.69, 9.17) is 0 Å². The molecule has 0 N–H and O–H groups in total. The molecule has 154 valence electrons. The van der Waals surface area contributed by atoms with Gasteiger partial charge in [-0.2, -0.15) is 18.3 Å². The maximum absolute atomic E-state index is 13.9. The second kappa shape index (κ2) is 7.62. The molecule has 0 spiro atoms. The van der Waals surface area contributed by atoms with Gasteiger partial charge in [-0.3, -0.25) is 4.68 Å². The van der Waals surface area contributed by atoms with E-state index in [2.05, 4.69) is 5.10 Å². The van der Waals surface area contributed by atoms with Crippen LogP contribution in [0.4, 0.5) is 17.6 Å². The van der Waals surface area contributed by atoms with Gasteiger partial charge in [0, 0.05) is 24.3 Å². The van der Waals surface area contributed by atoms with E-state index < -0.39 is 33.4 Å². The van der Waals surface area contributed by atoms with Crippen molar-refractivity contribution in [1.82, 2.24) is 9.78 Å². The lowest BCUT2D eigenvalue weighted by Crippen LogP contribution is -2.14. The molecule has 0 aliphatic heterocycles. The summed E-state index contributed by atoms with van der Waals surface area (Å²) in [6.45, 7) is 1.53. The molecule has 2 aromatic rings. The number of rotatable bonds is 4. The van der Waals surface area contributed by atoms with Crippen LogP contribution in [0, 0.1) is 5.82 Å². The quantitative estimate of drug-likeness (QED) is 0.656. The van der Waals surface area contributed by atoms with E-state index in [1.807, 2.05) is 0 Å². The molecule has 1 atom stereocenters. The summed E-state index contributed by atoms with van der Waals surface area (Å²) in [6, 6.07) is 4.72. The van der Waals surface area contributed by atoms with Crippen LogP contribution in [0.3, 0.4) is 0 Å². The lowest BCUT2D eigenvalue weighted by molar-refractivity contribution is -0.143. The van der Waals surface area contributed by atoms with E-state index in [1.165, 1.54) is 36.4 Å². The third-order valence-corrected chi connectivity index (χ3v) is 5.60. The highest BCUT2D eigenvalue weighted by atomic mass is 32.2. The normalized spacial score (nSPS) is 17.3. The second-order valence-corrected chi connectivity index (χ2v) is 8.56. The Morgan fingerprint density at radius 1 is 1.14 bits per heavy atom. The minimum atomic E-state index is -4.68. The number of benzene rings is 1. The van der Waals surface area contributed by atoms with Crippen LogP contribution in [0.5, 0.6) is 0 Å². The molecule has 4 nitrogen and oxygen atoms in total. The molecule has 0 fully saturated rings. The van der Waals surface area contributed by atoms with E-state index >= 15 is 0 Å². The number of alkyl halides is 3. The van der Waals surface area contributed by atoms with Crippen LogP contribution in [0.1, 0.15) is 24.2 Å². The molecule has 0 bridgehead atoms. The van der Waals surface area contributed by atoms with Crippen molar-refractivity contribution in [3.05, 3.63) is 76.8 Å². The summed E-state index contributed by atoms with van der Waals surface area (Å²) in [5.41, 5.74) is -0.789. The van der Waals surface area contributed by atoms with Crippen molar-refractivity contribution in [2.24, 2.45) is 0 Å². The SMILES string of the molecule is CCn1nc(C2C=CC=C(S(C)(=O)=O)C=C2)c(-c2ccc(F)cc2)c1C(F)(F)F. The molecule has 3 rings (SSSR count). The van der Waals surface area contributed by atoms with Gasteiger partial charge in [0.25, 0.3) is 0 Å². The molecule has 1 aliphatic rings. The minimum Gasteiger partial charge on any atom is -0.260 e. The maximum atomic E-state index is 13.9. The molecule has 1 heterocycles. The largest absolute Gasteiger partial charge is 0.433 e. The number of aryl methyl sites for hydroxylation is 1. The zero-order chi connectivity index (χ0) is 21.4. The molecule has 0 amide bonds. The van der Waals surface area contributed by atoms with Gasteiger partial charge < -0.3 is 0 Å². The number of allylic oxidation sites excluding steroid dienone is 5. The predicted octanol–water partition coefficient (Wildman–Crippen LogP) is 4.87. The van der Waals surface area contributed by atoms with Gasteiger partial charge in [-0.25, -0.2) is 12.8 Å². The standard InChI is InChI=1S/C20H18F4N2O2S/c1-3-26-19(20(22,23)24)17(13-7-10-15(21)11-8-13)18(25-26)14-5-4-6-16(12-9-14)29(2,27)28/h4-12,14H,3H2,1-2H3. The lowest BCUT2D eigenvalue weighted by atomic mass is 9.94. The predicted molar refractivity (Wildman–Crippen MR) is 102 cm³/mol. The summed E-state index contributed by atoms with van der Waals surface area (Å²) < 4.78 is 79.4. The number of sulfone groups is 1. The molecule has 0 saturated carbocycles. The minimum absolute atomic E-state index is 0.0178. The summed E-state index contributed by atoms with van der Waals surface area (Å²) in [7, 11) is -3.48. The fraction of sp³-hybridized carbons (Fsp3) is 0.250. The topological polar surface area (TPSA) is 52.0 Å². The van der Waals surface area contributed by atoms with E-state index in [0.29, 0.717) is 0 Å². The maximum Gasteiger partial charge on any atom is 0.433 e. The van der Waals surface area contributed by atoms with E-state index in [0.717, 1.165) is 23.1 Å². The lowest BCUT2D eigenvalue weighted by Gasteiger charge is -2.13. The number of hydrogen-bond acceptors (Lipinski definition) is 3. The van der Waals surface area contributed by atoms with Gasteiger partial charge in [-0.15, -0.1) is 0 Å². The van der Waals surface area contributed by atoms with Crippen molar-refractivity contribution in [3.63, 3.8) is 0 Å². The molecular formula is C20H18F4N2O2S. The highest BCUT2D eigenvalue weighted by molar-refractivity contribution is 7.94. The summed E-state index contributed by atoms with van der Waals surface area (Å²) in [4.78, 5) is 0.0468. The van der Waals surface area contributed by atoms with Gasteiger partial charge in [0.15, 0.2) is 15.5 Å². The second-order valence-electron chi connectivity index (χ2n) is 6.54. The van der Waals surface area contributed by atoms with E-state index in [-0.39, 0.29) is 28.3 Å². The Morgan fingerprint density at radius 3 is 2.34 bits per heavy atom. The smallest absolute Gasteiger partial charge is 0.260 e. The summed E-state index contributed by atoms with van der Waals surface area (Å²) in [5.74, 6) is -1.26. The zero-order valence-corrected chi connectivity index (χ0v) is 16.4. The van der Waals surface area contributed by atoms with Crippen molar-refractivity contribution in [3.8, 4) is 11.1 Å². The number of nitrogens with zero attached hydrogens (tertiary/aromatic N) is 2. The van der Waals surface area contributed by atoms with Crippen LogP contribution in [0.25, 0.3) is 11.1 Å². The van der Waals surface area contributed by atoms with Crippen LogP contribution in [0.2, 0.25) is 0 Å². The Kier molecular flexibility index (Phi) is 5.53. The van der Waals surface area contributed by atoms with E-state index in [1.54, 1.807) is 13.0 Å². The number of aromatic nitrogens is 2. The van der Waals surface area contributed by atoms with Crippen molar-refractivity contribution in [2.75, 3.05) is 6.26 Å². The van der Waals surface area contributed by atoms with Gasteiger partial charge in [-0.1, -0.05) is 30.4 Å². The molecule has 0 saturated heterocycles. The van der Waals surface area contributed by atoms with Crippen LogP contribution >= 0.6 is 0 Å². The first-order valence-corrected chi connectivity index (χ1v) is 10.6. The average Bonchev–Trinajstić information content (AvgIpc) is 2.84. The molecule has 1 aliphatic carbocycles. The van der Waals surface area contributed by atoms with Crippen molar-refractivity contribution < 1.29 is 26.0 Å². The van der Waals surface area contributed by atoms with Crippen molar-refractivity contribution in [2.45, 2.75) is 25.6 Å². The van der Waals surface area contributed by atoms with Crippen LogP contribution in [-0.4, -0.2) is 24.5 Å². The Morgan fingerprint density at radius 2 is 1.79 bits per heavy atom. The molecular weight excluding hydrogens is 408 g/mol. The van der Waals surface area contributed by atoms with E-state index in [9.17, 15) is 26.0 Å². The van der Waals surface area contributed by atoms with Crippen LogP contribution < -0.4 is 0 Å². The van der Waals surface area contributed by atoms with Crippen LogP contribution in [0.15, 0.2) is 59.6 Å². The van der Waals surface area contributed by atoms with Gasteiger partial charge in [0.05, 0.1) is 10.6 Å². The molecule has 9 heteroatoms. The van der Waals surface area contributed by atoms with Gasteiger partial charge in [0.2, 0.25) is 0 Å². The molecule has 1 aromatic carbocycles. The van der Waals surface area contributed by atoms with Gasteiger partial charge in [0.1, 0.15) is 5.82 Å². The van der Waals surface area contributed by atoms with Crippen molar-refractivity contribution >= 4 is 9.84 Å². The molecule has 1 unspecified atom stereocenters. The Hall–Kier alpha value is -2.68. The Balaban J connectivity index is 2.22. The van der Waals surface area contributed by atoms with Gasteiger partial charge >= 0.3 is 6.18 Å².